The van der Waals surface area contributed by atoms with Crippen LogP contribution in [0.5, 0.6) is 0 Å². The molecule has 0 aliphatic carbocycles. The maximum Gasteiger partial charge on any atom is 1.00 e. The summed E-state index contributed by atoms with van der Waals surface area (Å²) in [5, 5.41) is 11.2. The van der Waals surface area contributed by atoms with Crippen molar-refractivity contribution < 1.29 is 45.6 Å². The fraction of sp³-hybridized carbons (Fsp3) is 0.923. The molecule has 0 saturated carbocycles. The van der Waals surface area contributed by atoms with Gasteiger partial charge in [-0.25, -0.2) is 0 Å². The van der Waals surface area contributed by atoms with E-state index in [1.165, 1.54) is 13.8 Å². The summed E-state index contributed by atoms with van der Waals surface area (Å²) in [5.74, 6) is -2.69. The first-order valence-corrected chi connectivity index (χ1v) is 6.98. The molecule has 0 spiro atoms. The van der Waals surface area contributed by atoms with Crippen LogP contribution in [0, 0.1) is 0 Å². The minimum absolute atomic E-state index is 0. The Balaban J connectivity index is 0.00000441. The summed E-state index contributed by atoms with van der Waals surface area (Å²) in [6.45, 7) is 6.63. The monoisotopic (exact) mass is 281 g/mol. The first kappa shape index (κ1) is 16.4. The molecule has 0 bridgehead atoms. The van der Waals surface area contributed by atoms with E-state index in [1.54, 1.807) is 0 Å². The molecular formula is C13H25BLiO5-. The van der Waals surface area contributed by atoms with E-state index in [1.807, 2.05) is 20.8 Å². The number of rotatable bonds is 7. The van der Waals surface area contributed by atoms with Crippen LogP contribution in [0.15, 0.2) is 0 Å². The van der Waals surface area contributed by atoms with Crippen LogP contribution in [0.1, 0.15) is 37.4 Å². The van der Waals surface area contributed by atoms with Gasteiger partial charge < -0.3 is 24.0 Å². The van der Waals surface area contributed by atoms with Gasteiger partial charge in [-0.3, -0.25) is 0 Å². The van der Waals surface area contributed by atoms with Gasteiger partial charge in [0, 0.05) is 6.56 Å². The van der Waals surface area contributed by atoms with Crippen LogP contribution in [0.25, 0.3) is 0 Å². The van der Waals surface area contributed by atoms with E-state index in [2.05, 4.69) is 0 Å². The summed E-state index contributed by atoms with van der Waals surface area (Å²) < 4.78 is 32.7. The van der Waals surface area contributed by atoms with E-state index >= 15 is 0 Å². The van der Waals surface area contributed by atoms with Crippen molar-refractivity contribution >= 4 is 12.3 Å². The van der Waals surface area contributed by atoms with Gasteiger partial charge in [0.25, 0.3) is 0 Å². The quantitative estimate of drug-likeness (QED) is 0.519. The van der Waals surface area contributed by atoms with Crippen molar-refractivity contribution in [1.29, 1.82) is 0 Å². The van der Waals surface area contributed by atoms with Gasteiger partial charge in [0.05, 0.1) is 8.71 Å². The van der Waals surface area contributed by atoms with E-state index in [0.29, 0.717) is 19.0 Å². The second-order valence-electron chi connectivity index (χ2n) is 5.62. The predicted octanol–water partition coefficient (Wildman–Crippen LogP) is -1.72. The molecule has 7 heteroatoms. The van der Waals surface area contributed by atoms with Crippen molar-refractivity contribution in [2.24, 2.45) is 0 Å². The molecule has 0 amide bonds. The first-order chi connectivity index (χ1) is 9.52. The molecule has 0 radical (unpaired) electrons. The van der Waals surface area contributed by atoms with Crippen LogP contribution in [-0.2, 0) is 18.9 Å². The van der Waals surface area contributed by atoms with E-state index < -0.39 is 36.9 Å². The second kappa shape index (κ2) is 7.86. The largest absolute Gasteiger partial charge is 1.00 e. The molecule has 1 saturated heterocycles. The molecule has 1 aliphatic rings. The molecule has 20 heavy (non-hydrogen) atoms. The minimum atomic E-state index is -2.26. The smallest absolute Gasteiger partial charge is 0.588 e. The fourth-order valence-corrected chi connectivity index (χ4v) is 2.35. The fourth-order valence-electron chi connectivity index (χ4n) is 2.35. The van der Waals surface area contributed by atoms with Gasteiger partial charge in [0.1, 0.15) is 18.6 Å². The SMILES string of the molecule is [2H]C([2H])(O[B-](CC)(CC)CC)[C@H]1OC(C)(C)O[C@@H]1C(=O)[O-].[Li+]. The first-order valence-electron chi connectivity index (χ1n) is 7.98. The van der Waals surface area contributed by atoms with Crippen LogP contribution in [0.2, 0.25) is 19.0 Å². The van der Waals surface area contributed by atoms with Gasteiger partial charge in [-0.2, -0.15) is 19.0 Å². The van der Waals surface area contributed by atoms with E-state index in [4.69, 9.17) is 16.9 Å². The van der Waals surface area contributed by atoms with Crippen molar-refractivity contribution in [1.82, 2.24) is 0 Å². The minimum Gasteiger partial charge on any atom is -0.588 e. The summed E-state index contributed by atoms with van der Waals surface area (Å²) >= 11 is 0. The summed E-state index contributed by atoms with van der Waals surface area (Å²) in [4.78, 5) is 11.2. The molecule has 2 atom stereocenters. The molecule has 1 rings (SSSR count). The Labute approximate surface area is 136 Å². The number of carbonyl (C=O) groups excluding carboxylic acids is 1. The van der Waals surface area contributed by atoms with Crippen molar-refractivity contribution in [3.8, 4) is 0 Å². The predicted molar refractivity (Wildman–Crippen MR) is 72.0 cm³/mol. The normalized spacial score (nSPS) is 27.4. The molecular weight excluding hydrogens is 254 g/mol. The van der Waals surface area contributed by atoms with Gasteiger partial charge in [-0.15, -0.1) is 0 Å². The summed E-state index contributed by atoms with van der Waals surface area (Å²) in [6.07, 6.45) is -2.19. The Kier molecular flexibility index (Phi) is 6.44. The molecule has 1 fully saturated rings. The molecule has 5 nitrogen and oxygen atoms in total. The van der Waals surface area contributed by atoms with Crippen molar-refractivity contribution in [2.75, 3.05) is 6.56 Å². The van der Waals surface area contributed by atoms with Crippen LogP contribution in [0.3, 0.4) is 0 Å². The summed E-state index contributed by atoms with van der Waals surface area (Å²) in [7, 11) is 0. The number of hydrogen-bond acceptors (Lipinski definition) is 5. The van der Waals surface area contributed by atoms with E-state index in [9.17, 15) is 9.90 Å². The van der Waals surface area contributed by atoms with Crippen molar-refractivity contribution in [2.45, 2.75) is 71.6 Å². The number of aliphatic carboxylic acids is 1. The van der Waals surface area contributed by atoms with Crippen LogP contribution in [-0.4, -0.2) is 36.9 Å². The van der Waals surface area contributed by atoms with Crippen molar-refractivity contribution in [3.05, 3.63) is 0 Å². The van der Waals surface area contributed by atoms with Gasteiger partial charge in [-0.1, -0.05) is 20.8 Å². The van der Waals surface area contributed by atoms with Gasteiger partial charge in [-0.05, 0) is 13.8 Å². The Bertz CT molecular complexity index is 382. The number of ether oxygens (including phenoxy) is 2. The van der Waals surface area contributed by atoms with Gasteiger partial charge >= 0.3 is 18.9 Å². The molecule has 0 N–H and O–H groups in total. The van der Waals surface area contributed by atoms with Crippen LogP contribution < -0.4 is 24.0 Å². The van der Waals surface area contributed by atoms with Crippen LogP contribution in [0.4, 0.5) is 0 Å². The van der Waals surface area contributed by atoms with Gasteiger partial charge in [0.2, 0.25) is 0 Å². The van der Waals surface area contributed by atoms with Crippen LogP contribution >= 0.6 is 0 Å². The zero-order valence-corrected chi connectivity index (χ0v) is 13.4. The maximum atomic E-state index is 11.2. The average molecular weight is 281 g/mol. The molecule has 1 heterocycles. The average Bonchev–Trinajstić information content (AvgIpc) is 2.73. The molecule has 0 aromatic rings. The standard InChI is InChI=1S/C13H26BO5.Li/c1-6-14(7-2,8-3)17-9-10-11(12(15)16)19-13(4,5)18-10;/h10-11H,6-9H2,1-5H3,(H,15,16);/q-1;+1/p-1/t10-,11+;/m1./s1/i9D2;. The topological polar surface area (TPSA) is 67.8 Å². The third-order valence-electron chi connectivity index (χ3n) is 4.00. The number of hydrogen-bond donors (Lipinski definition) is 0. The van der Waals surface area contributed by atoms with Gasteiger partial charge in [0.15, 0.2) is 5.79 Å². The number of carbonyl (C=O) groups is 1. The van der Waals surface area contributed by atoms with E-state index in [-0.39, 0.29) is 18.9 Å². The Morgan fingerprint density at radius 3 is 2.20 bits per heavy atom. The molecule has 0 unspecified atom stereocenters. The molecule has 0 aromatic heterocycles. The second-order valence-corrected chi connectivity index (χ2v) is 5.62. The summed E-state index contributed by atoms with van der Waals surface area (Å²) in [6, 6.07) is 0. The number of carboxylic acid groups (broad SMARTS) is 1. The third kappa shape index (κ3) is 4.78. The number of carboxylic acids is 1. The molecule has 0 aromatic carbocycles. The Hall–Kier alpha value is 0.0123. The van der Waals surface area contributed by atoms with E-state index in [0.717, 1.165) is 0 Å². The maximum absolute atomic E-state index is 11.2. The molecule has 112 valence electrons. The summed E-state index contributed by atoms with van der Waals surface area (Å²) in [5.41, 5.74) is 0. The Morgan fingerprint density at radius 2 is 1.80 bits per heavy atom. The zero-order chi connectivity index (χ0) is 16.5. The molecule has 1 aliphatic heterocycles. The Morgan fingerprint density at radius 1 is 1.30 bits per heavy atom. The van der Waals surface area contributed by atoms with Crippen molar-refractivity contribution in [3.63, 3.8) is 0 Å². The third-order valence-corrected chi connectivity index (χ3v) is 4.00. The zero-order valence-electron chi connectivity index (χ0n) is 15.4.